The van der Waals surface area contributed by atoms with Gasteiger partial charge in [-0.15, -0.1) is 0 Å². The largest absolute Gasteiger partial charge is 0.307 e. The van der Waals surface area contributed by atoms with E-state index in [9.17, 15) is 14.9 Å². The molecular weight excluding hydrogens is 270 g/mol. The van der Waals surface area contributed by atoms with Crippen LogP contribution < -0.4 is 5.56 Å². The van der Waals surface area contributed by atoms with E-state index in [4.69, 9.17) is 5.26 Å². The molecule has 0 unspecified atom stereocenters. The lowest BCUT2D eigenvalue weighted by molar-refractivity contribution is -0.384. The molecule has 2 rings (SSSR count). The van der Waals surface area contributed by atoms with E-state index in [1.807, 2.05) is 6.07 Å². The Morgan fingerprint density at radius 3 is 2.67 bits per heavy atom. The Hall–Kier alpha value is -2.94. The second-order valence-electron chi connectivity index (χ2n) is 4.77. The van der Waals surface area contributed by atoms with Crippen molar-refractivity contribution < 1.29 is 4.92 Å². The summed E-state index contributed by atoms with van der Waals surface area (Å²) in [4.78, 5) is 22.6. The van der Waals surface area contributed by atoms with Crippen molar-refractivity contribution in [1.29, 1.82) is 5.26 Å². The van der Waals surface area contributed by atoms with Crippen LogP contribution in [0.4, 0.5) is 5.69 Å². The molecule has 0 aliphatic rings. The number of pyridine rings is 1. The first kappa shape index (κ1) is 14.5. The van der Waals surface area contributed by atoms with Gasteiger partial charge in [0.25, 0.3) is 11.2 Å². The zero-order valence-corrected chi connectivity index (χ0v) is 11.7. The summed E-state index contributed by atoms with van der Waals surface area (Å²) in [5, 5.41) is 19.8. The SMILES string of the molecule is Cc1cc(C)n(Cc2cccc([N+](=O)[O-])c2)c(=O)c1C#N. The van der Waals surface area contributed by atoms with E-state index in [1.54, 1.807) is 32.0 Å². The van der Waals surface area contributed by atoms with Crippen LogP contribution in [-0.2, 0) is 6.54 Å². The number of nitriles is 1. The Morgan fingerprint density at radius 1 is 1.33 bits per heavy atom. The maximum atomic E-state index is 12.3. The third-order valence-corrected chi connectivity index (χ3v) is 3.28. The molecule has 1 heterocycles. The molecule has 6 nitrogen and oxygen atoms in total. The smallest absolute Gasteiger partial charge is 0.269 e. The van der Waals surface area contributed by atoms with Crippen molar-refractivity contribution in [3.8, 4) is 6.07 Å². The third-order valence-electron chi connectivity index (χ3n) is 3.28. The molecule has 0 atom stereocenters. The van der Waals surface area contributed by atoms with E-state index >= 15 is 0 Å². The fraction of sp³-hybridized carbons (Fsp3) is 0.200. The summed E-state index contributed by atoms with van der Waals surface area (Å²) in [7, 11) is 0. The van der Waals surface area contributed by atoms with E-state index in [0.717, 1.165) is 0 Å². The Balaban J connectivity index is 2.50. The lowest BCUT2D eigenvalue weighted by atomic mass is 10.1. The molecule has 1 aromatic carbocycles. The minimum absolute atomic E-state index is 0.0224. The van der Waals surface area contributed by atoms with E-state index in [-0.39, 0.29) is 23.4 Å². The topological polar surface area (TPSA) is 88.9 Å². The lowest BCUT2D eigenvalue weighted by Crippen LogP contribution is -2.26. The van der Waals surface area contributed by atoms with Gasteiger partial charge in [0.05, 0.1) is 11.5 Å². The van der Waals surface area contributed by atoms with E-state index in [1.165, 1.54) is 16.7 Å². The van der Waals surface area contributed by atoms with E-state index in [2.05, 4.69) is 0 Å². The van der Waals surface area contributed by atoms with Crippen LogP contribution in [-0.4, -0.2) is 9.49 Å². The van der Waals surface area contributed by atoms with Crippen molar-refractivity contribution in [2.75, 3.05) is 0 Å². The number of rotatable bonds is 3. The van der Waals surface area contributed by atoms with Crippen molar-refractivity contribution in [2.45, 2.75) is 20.4 Å². The van der Waals surface area contributed by atoms with Gasteiger partial charge in [-0.05, 0) is 31.0 Å². The summed E-state index contributed by atoms with van der Waals surface area (Å²) in [6.07, 6.45) is 0. The summed E-state index contributed by atoms with van der Waals surface area (Å²) in [5.41, 5.74) is 1.69. The zero-order valence-electron chi connectivity index (χ0n) is 11.7. The van der Waals surface area contributed by atoms with Gasteiger partial charge in [0.1, 0.15) is 11.6 Å². The molecule has 0 bridgehead atoms. The zero-order chi connectivity index (χ0) is 15.6. The Bertz CT molecular complexity index is 816. The molecule has 6 heteroatoms. The number of benzene rings is 1. The number of non-ortho nitro benzene ring substituents is 1. The number of aromatic nitrogens is 1. The molecule has 0 radical (unpaired) electrons. The Morgan fingerprint density at radius 2 is 2.05 bits per heavy atom. The molecule has 0 N–H and O–H groups in total. The van der Waals surface area contributed by atoms with Crippen LogP contribution >= 0.6 is 0 Å². The van der Waals surface area contributed by atoms with Crippen molar-refractivity contribution >= 4 is 5.69 Å². The van der Waals surface area contributed by atoms with Crippen molar-refractivity contribution in [2.24, 2.45) is 0 Å². The van der Waals surface area contributed by atoms with Gasteiger partial charge in [-0.25, -0.2) is 0 Å². The predicted octanol–water partition coefficient (Wildman–Crippen LogP) is 2.29. The predicted molar refractivity (Wildman–Crippen MR) is 77.1 cm³/mol. The van der Waals surface area contributed by atoms with Gasteiger partial charge in [0, 0.05) is 17.8 Å². The van der Waals surface area contributed by atoms with E-state index < -0.39 is 4.92 Å². The molecule has 0 spiro atoms. The first-order valence-corrected chi connectivity index (χ1v) is 6.28. The summed E-state index contributed by atoms with van der Waals surface area (Å²) in [5.74, 6) is 0. The van der Waals surface area contributed by atoms with Crippen LogP contribution in [0.3, 0.4) is 0 Å². The molecular formula is C15H13N3O3. The quantitative estimate of drug-likeness (QED) is 0.638. The van der Waals surface area contributed by atoms with Gasteiger partial charge in [0.2, 0.25) is 0 Å². The number of aryl methyl sites for hydroxylation is 2. The normalized spacial score (nSPS) is 10.1. The second kappa shape index (κ2) is 5.59. The minimum atomic E-state index is -0.477. The number of hydrogen-bond acceptors (Lipinski definition) is 4. The molecule has 0 amide bonds. The fourth-order valence-electron chi connectivity index (χ4n) is 2.21. The van der Waals surface area contributed by atoms with Crippen LogP contribution in [0, 0.1) is 35.3 Å². The summed E-state index contributed by atoms with van der Waals surface area (Å²) in [6.45, 7) is 3.68. The Labute approximate surface area is 121 Å². The molecule has 0 saturated carbocycles. The van der Waals surface area contributed by atoms with Gasteiger partial charge in [-0.2, -0.15) is 5.26 Å². The van der Waals surface area contributed by atoms with Gasteiger partial charge < -0.3 is 4.57 Å². The molecule has 2 aromatic rings. The summed E-state index contributed by atoms with van der Waals surface area (Å²) < 4.78 is 1.45. The molecule has 0 aliphatic carbocycles. The van der Waals surface area contributed by atoms with Crippen molar-refractivity contribution in [1.82, 2.24) is 4.57 Å². The van der Waals surface area contributed by atoms with Crippen molar-refractivity contribution in [3.05, 3.63) is 73.2 Å². The van der Waals surface area contributed by atoms with Crippen LogP contribution in [0.2, 0.25) is 0 Å². The first-order valence-electron chi connectivity index (χ1n) is 6.28. The highest BCUT2D eigenvalue weighted by molar-refractivity contribution is 5.38. The highest BCUT2D eigenvalue weighted by Crippen LogP contribution is 2.15. The van der Waals surface area contributed by atoms with Gasteiger partial charge in [-0.1, -0.05) is 12.1 Å². The maximum Gasteiger partial charge on any atom is 0.269 e. The molecule has 0 fully saturated rings. The van der Waals surface area contributed by atoms with Gasteiger partial charge in [-0.3, -0.25) is 14.9 Å². The Kier molecular flexibility index (Phi) is 3.85. The third kappa shape index (κ3) is 2.82. The average Bonchev–Trinajstić information content (AvgIpc) is 2.44. The van der Waals surface area contributed by atoms with Crippen LogP contribution in [0.25, 0.3) is 0 Å². The fourth-order valence-corrected chi connectivity index (χ4v) is 2.21. The van der Waals surface area contributed by atoms with Crippen LogP contribution in [0.5, 0.6) is 0 Å². The highest BCUT2D eigenvalue weighted by Gasteiger charge is 2.12. The summed E-state index contributed by atoms with van der Waals surface area (Å²) >= 11 is 0. The molecule has 0 aliphatic heterocycles. The maximum absolute atomic E-state index is 12.3. The van der Waals surface area contributed by atoms with Crippen molar-refractivity contribution in [3.63, 3.8) is 0 Å². The monoisotopic (exact) mass is 283 g/mol. The molecule has 21 heavy (non-hydrogen) atoms. The lowest BCUT2D eigenvalue weighted by Gasteiger charge is -2.12. The molecule has 106 valence electrons. The van der Waals surface area contributed by atoms with Gasteiger partial charge in [0.15, 0.2) is 0 Å². The average molecular weight is 283 g/mol. The number of nitro benzene ring substituents is 1. The van der Waals surface area contributed by atoms with Crippen LogP contribution in [0.1, 0.15) is 22.4 Å². The number of nitrogens with zero attached hydrogens (tertiary/aromatic N) is 3. The standard InChI is InChI=1S/C15H13N3O3/c1-10-6-11(2)17(15(19)14(10)8-16)9-12-4-3-5-13(7-12)18(20)21/h3-7H,9H2,1-2H3. The highest BCUT2D eigenvalue weighted by atomic mass is 16.6. The summed E-state index contributed by atoms with van der Waals surface area (Å²) in [6, 6.07) is 9.78. The first-order chi connectivity index (χ1) is 9.93. The van der Waals surface area contributed by atoms with Gasteiger partial charge >= 0.3 is 0 Å². The number of nitro groups is 1. The second-order valence-corrected chi connectivity index (χ2v) is 4.77. The number of hydrogen-bond donors (Lipinski definition) is 0. The minimum Gasteiger partial charge on any atom is -0.307 e. The van der Waals surface area contributed by atoms with E-state index in [0.29, 0.717) is 16.8 Å². The molecule has 0 saturated heterocycles. The van der Waals surface area contributed by atoms with Crippen LogP contribution in [0.15, 0.2) is 35.1 Å². The molecule has 1 aromatic heterocycles.